The molecule has 3 heterocycles. The summed E-state index contributed by atoms with van der Waals surface area (Å²) >= 11 is 1.26. The molecule has 2 aromatic heterocycles. The van der Waals surface area contributed by atoms with Crippen LogP contribution in [-0.4, -0.2) is 44.6 Å². The predicted molar refractivity (Wildman–Crippen MR) is 134 cm³/mol. The summed E-state index contributed by atoms with van der Waals surface area (Å²) in [6.07, 6.45) is -0.266. The number of pyridine rings is 1. The summed E-state index contributed by atoms with van der Waals surface area (Å²) in [5.74, 6) is -0.982. The molecule has 0 saturated heterocycles. The lowest BCUT2D eigenvalue weighted by atomic mass is 9.95. The topological polar surface area (TPSA) is 97.3 Å². The van der Waals surface area contributed by atoms with Crippen LogP contribution in [0.2, 0.25) is 0 Å². The molecule has 5 rings (SSSR count). The third-order valence-corrected chi connectivity index (χ3v) is 6.74. The van der Waals surface area contributed by atoms with Crippen LogP contribution >= 0.6 is 11.3 Å². The number of rotatable bonds is 6. The lowest BCUT2D eigenvalue weighted by Gasteiger charge is -2.30. The van der Waals surface area contributed by atoms with Gasteiger partial charge < -0.3 is 4.74 Å². The van der Waals surface area contributed by atoms with E-state index in [1.165, 1.54) is 16.9 Å². The third-order valence-electron chi connectivity index (χ3n) is 5.99. The van der Waals surface area contributed by atoms with Gasteiger partial charge in [-0.1, -0.05) is 59.9 Å². The summed E-state index contributed by atoms with van der Waals surface area (Å²) < 4.78 is 5.66. The number of nitrogens with zero attached hydrogens (tertiary/aromatic N) is 4. The standard InChI is InChI=1S/C26H25N5O3S/c1-16(24(32)28-26-30-29-17(2)35-26)34-25(33)23-19-10-6-7-11-21(19)27-22-12-13-31(15-20(22)23)14-18-8-4-3-5-9-18/h3-11,16H,12-15H2,1-2H3,(H,28,30,32). The molecule has 0 saturated carbocycles. The second-order valence-corrected chi connectivity index (χ2v) is 9.72. The first-order chi connectivity index (χ1) is 17.0. The van der Waals surface area contributed by atoms with E-state index in [1.54, 1.807) is 13.8 Å². The number of amides is 1. The van der Waals surface area contributed by atoms with Gasteiger partial charge in [0.05, 0.1) is 11.1 Å². The normalized spacial score (nSPS) is 14.3. The Kier molecular flexibility index (Phi) is 6.52. The van der Waals surface area contributed by atoms with Gasteiger partial charge in [-0.2, -0.15) is 0 Å². The molecule has 2 aromatic carbocycles. The highest BCUT2D eigenvalue weighted by molar-refractivity contribution is 7.15. The van der Waals surface area contributed by atoms with Crippen LogP contribution in [0.25, 0.3) is 10.9 Å². The number of anilines is 1. The lowest BCUT2D eigenvalue weighted by molar-refractivity contribution is -0.123. The number of carbonyl (C=O) groups excluding carboxylic acids is 2. The fraction of sp³-hybridized carbons (Fsp3) is 0.269. The van der Waals surface area contributed by atoms with E-state index in [0.717, 1.165) is 46.7 Å². The second kappa shape index (κ2) is 9.89. The van der Waals surface area contributed by atoms with E-state index in [2.05, 4.69) is 32.5 Å². The molecule has 9 heteroatoms. The zero-order valence-corrected chi connectivity index (χ0v) is 20.3. The maximum Gasteiger partial charge on any atom is 0.339 e. The van der Waals surface area contributed by atoms with Gasteiger partial charge in [-0.25, -0.2) is 4.79 Å². The molecule has 0 bridgehead atoms. The van der Waals surface area contributed by atoms with Crippen molar-refractivity contribution in [3.63, 3.8) is 0 Å². The number of ether oxygens (including phenoxy) is 1. The SMILES string of the molecule is Cc1nnc(NC(=O)C(C)OC(=O)c2c3c(nc4ccccc24)CCN(Cc2ccccc2)C3)s1. The smallest absolute Gasteiger partial charge is 0.339 e. The number of hydrogen-bond donors (Lipinski definition) is 1. The molecule has 1 aliphatic heterocycles. The minimum Gasteiger partial charge on any atom is -0.449 e. The Balaban J connectivity index is 1.42. The zero-order valence-electron chi connectivity index (χ0n) is 19.5. The van der Waals surface area contributed by atoms with Crippen LogP contribution in [0.1, 0.15) is 39.1 Å². The number of esters is 1. The Labute approximate surface area is 207 Å². The highest BCUT2D eigenvalue weighted by Gasteiger charge is 2.29. The first-order valence-corrected chi connectivity index (χ1v) is 12.3. The summed E-state index contributed by atoms with van der Waals surface area (Å²) in [5, 5.41) is 12.3. The van der Waals surface area contributed by atoms with Gasteiger partial charge in [0.1, 0.15) is 5.01 Å². The van der Waals surface area contributed by atoms with Crippen molar-refractivity contribution in [1.82, 2.24) is 20.1 Å². The van der Waals surface area contributed by atoms with Crippen molar-refractivity contribution in [2.24, 2.45) is 0 Å². The molecule has 1 N–H and O–H groups in total. The van der Waals surface area contributed by atoms with E-state index < -0.39 is 18.0 Å². The van der Waals surface area contributed by atoms with Crippen LogP contribution in [0.4, 0.5) is 5.13 Å². The van der Waals surface area contributed by atoms with Crippen molar-refractivity contribution in [3.05, 3.63) is 82.0 Å². The van der Waals surface area contributed by atoms with Gasteiger partial charge in [0.2, 0.25) is 5.13 Å². The molecule has 178 valence electrons. The number of benzene rings is 2. The van der Waals surface area contributed by atoms with E-state index in [1.807, 2.05) is 42.5 Å². The number of para-hydroxylation sites is 1. The Bertz CT molecular complexity index is 1390. The van der Waals surface area contributed by atoms with Crippen molar-refractivity contribution in [3.8, 4) is 0 Å². The molecule has 1 aliphatic rings. The maximum absolute atomic E-state index is 13.5. The number of hydrogen-bond acceptors (Lipinski definition) is 8. The quantitative estimate of drug-likeness (QED) is 0.408. The molecule has 1 amide bonds. The number of nitrogens with one attached hydrogen (secondary N) is 1. The van der Waals surface area contributed by atoms with Crippen LogP contribution < -0.4 is 5.32 Å². The van der Waals surface area contributed by atoms with Gasteiger partial charge in [0.25, 0.3) is 5.91 Å². The molecular formula is C26H25N5O3S. The van der Waals surface area contributed by atoms with Gasteiger partial charge >= 0.3 is 5.97 Å². The van der Waals surface area contributed by atoms with Crippen molar-refractivity contribution in [2.75, 3.05) is 11.9 Å². The average molecular weight is 488 g/mol. The number of fused-ring (bicyclic) bond motifs is 2. The molecule has 0 radical (unpaired) electrons. The summed E-state index contributed by atoms with van der Waals surface area (Å²) in [7, 11) is 0. The molecule has 8 nitrogen and oxygen atoms in total. The van der Waals surface area contributed by atoms with Crippen molar-refractivity contribution in [1.29, 1.82) is 0 Å². The minimum absolute atomic E-state index is 0.374. The van der Waals surface area contributed by atoms with Gasteiger partial charge in [0.15, 0.2) is 6.10 Å². The van der Waals surface area contributed by atoms with Gasteiger partial charge in [-0.05, 0) is 25.5 Å². The van der Waals surface area contributed by atoms with Crippen LogP contribution in [0.3, 0.4) is 0 Å². The van der Waals surface area contributed by atoms with Crippen molar-refractivity contribution >= 4 is 39.2 Å². The second-order valence-electron chi connectivity index (χ2n) is 8.54. The molecular weight excluding hydrogens is 462 g/mol. The van der Waals surface area contributed by atoms with Gasteiger partial charge in [-0.3, -0.25) is 20.0 Å². The Morgan fingerprint density at radius 3 is 2.66 bits per heavy atom. The Morgan fingerprint density at radius 2 is 1.89 bits per heavy atom. The van der Waals surface area contributed by atoms with E-state index in [-0.39, 0.29) is 0 Å². The predicted octanol–water partition coefficient (Wildman–Crippen LogP) is 4.14. The largest absolute Gasteiger partial charge is 0.449 e. The van der Waals surface area contributed by atoms with Gasteiger partial charge in [-0.15, -0.1) is 10.2 Å². The van der Waals surface area contributed by atoms with Crippen LogP contribution in [0.5, 0.6) is 0 Å². The number of carbonyl (C=O) groups is 2. The Hall–Kier alpha value is -3.69. The van der Waals surface area contributed by atoms with E-state index in [9.17, 15) is 9.59 Å². The van der Waals surface area contributed by atoms with Crippen molar-refractivity contribution < 1.29 is 14.3 Å². The Morgan fingerprint density at radius 1 is 1.11 bits per heavy atom. The van der Waals surface area contributed by atoms with Crippen LogP contribution in [-0.2, 0) is 29.0 Å². The minimum atomic E-state index is -1.00. The third kappa shape index (κ3) is 5.06. The molecule has 1 atom stereocenters. The van der Waals surface area contributed by atoms with E-state index in [0.29, 0.717) is 17.2 Å². The monoisotopic (exact) mass is 487 g/mol. The summed E-state index contributed by atoms with van der Waals surface area (Å²) in [5.41, 5.74) is 4.21. The highest BCUT2D eigenvalue weighted by atomic mass is 32.1. The van der Waals surface area contributed by atoms with E-state index in [4.69, 9.17) is 9.72 Å². The highest BCUT2D eigenvalue weighted by Crippen LogP contribution is 2.30. The molecule has 1 unspecified atom stereocenters. The summed E-state index contributed by atoms with van der Waals surface area (Å²) in [4.78, 5) is 33.3. The fourth-order valence-electron chi connectivity index (χ4n) is 4.28. The first kappa shape index (κ1) is 23.1. The molecule has 35 heavy (non-hydrogen) atoms. The zero-order chi connectivity index (χ0) is 24.4. The first-order valence-electron chi connectivity index (χ1n) is 11.5. The fourth-order valence-corrected chi connectivity index (χ4v) is 4.88. The van der Waals surface area contributed by atoms with Crippen molar-refractivity contribution in [2.45, 2.75) is 39.5 Å². The summed E-state index contributed by atoms with van der Waals surface area (Å²) in [6.45, 7) is 5.56. The van der Waals surface area contributed by atoms with Crippen LogP contribution in [0, 0.1) is 6.92 Å². The number of aromatic nitrogens is 3. The lowest BCUT2D eigenvalue weighted by Crippen LogP contribution is -2.34. The van der Waals surface area contributed by atoms with Crippen LogP contribution in [0.15, 0.2) is 54.6 Å². The molecule has 0 fully saturated rings. The molecule has 4 aromatic rings. The summed E-state index contributed by atoms with van der Waals surface area (Å²) in [6, 6.07) is 17.8. The maximum atomic E-state index is 13.5. The van der Waals surface area contributed by atoms with Gasteiger partial charge in [0, 0.05) is 42.7 Å². The average Bonchev–Trinajstić information content (AvgIpc) is 3.27. The molecule has 0 aliphatic carbocycles. The van der Waals surface area contributed by atoms with E-state index >= 15 is 0 Å². The molecule has 0 spiro atoms. The number of aryl methyl sites for hydroxylation is 1.